The number of amides is 1. The molecule has 1 aliphatic rings. The van der Waals surface area contributed by atoms with E-state index < -0.39 is 6.10 Å². The van der Waals surface area contributed by atoms with Gasteiger partial charge in [0.25, 0.3) is 0 Å². The third kappa shape index (κ3) is 6.04. The second-order valence-corrected chi connectivity index (χ2v) is 7.02. The number of carbonyl (C=O) groups is 1. The summed E-state index contributed by atoms with van der Waals surface area (Å²) in [6, 6.07) is 10.1. The van der Waals surface area contributed by atoms with Crippen LogP contribution in [0.25, 0.3) is 0 Å². The molecule has 1 aromatic rings. The fourth-order valence-electron chi connectivity index (χ4n) is 3.00. The molecule has 1 N–H and O–H groups in total. The van der Waals surface area contributed by atoms with Crippen LogP contribution in [0.2, 0.25) is 0 Å². The predicted octanol–water partition coefficient (Wildman–Crippen LogP) is 3.28. The maximum Gasteiger partial charge on any atom is 0.223 e. The number of likely N-dealkylation sites (tertiary alicyclic amines) is 1. The van der Waals surface area contributed by atoms with E-state index in [1.807, 2.05) is 59.1 Å². The molecule has 4 heteroatoms. The van der Waals surface area contributed by atoms with Crippen molar-refractivity contribution in [2.45, 2.75) is 44.2 Å². The molecule has 1 unspecified atom stereocenters. The van der Waals surface area contributed by atoms with Gasteiger partial charge in [-0.25, -0.2) is 0 Å². The van der Waals surface area contributed by atoms with E-state index in [-0.39, 0.29) is 11.9 Å². The van der Waals surface area contributed by atoms with Crippen molar-refractivity contribution in [2.75, 3.05) is 18.6 Å². The topological polar surface area (TPSA) is 40.5 Å². The zero-order valence-electron chi connectivity index (χ0n) is 13.9. The number of aliphatic hydroxyl groups excluding tert-OH is 1. The molecule has 1 amide bonds. The predicted molar refractivity (Wildman–Crippen MR) is 97.6 cm³/mol. The smallest absolute Gasteiger partial charge is 0.223 e. The van der Waals surface area contributed by atoms with E-state index in [1.54, 1.807) is 0 Å². The molecule has 1 saturated heterocycles. The van der Waals surface area contributed by atoms with Crippen LogP contribution < -0.4 is 0 Å². The molecule has 1 fully saturated rings. The lowest BCUT2D eigenvalue weighted by Gasteiger charge is -2.34. The van der Waals surface area contributed by atoms with Crippen LogP contribution in [0, 0.1) is 0 Å². The molecule has 3 nitrogen and oxygen atoms in total. The van der Waals surface area contributed by atoms with E-state index in [4.69, 9.17) is 0 Å². The van der Waals surface area contributed by atoms with Crippen LogP contribution in [0.1, 0.15) is 31.2 Å². The normalized spacial score (nSPS) is 20.2. The van der Waals surface area contributed by atoms with E-state index >= 15 is 0 Å². The Morgan fingerprint density at radius 2 is 2.17 bits per heavy atom. The largest absolute Gasteiger partial charge is 0.389 e. The standard InChI is InChI=1S/C19H27NO2S/c1-23-14-6-13-20-17(9-5-10-19(20)22)11-12-18(21)15-16-7-3-2-4-8-16/h2-4,7-8,11-12,17-18,21H,5-6,9-10,13-15H2,1H3/b12-11+/t17-,18?/m1/s1. The summed E-state index contributed by atoms with van der Waals surface area (Å²) in [6.45, 7) is 0.823. The fourth-order valence-corrected chi connectivity index (χ4v) is 3.41. The molecule has 0 radical (unpaired) electrons. The van der Waals surface area contributed by atoms with Gasteiger partial charge in [-0.15, -0.1) is 0 Å². The quantitative estimate of drug-likeness (QED) is 0.586. The van der Waals surface area contributed by atoms with Crippen molar-refractivity contribution in [3.8, 4) is 0 Å². The number of thioether (sulfide) groups is 1. The maximum absolute atomic E-state index is 12.2. The van der Waals surface area contributed by atoms with E-state index in [2.05, 4.69) is 6.26 Å². The molecule has 0 spiro atoms. The van der Waals surface area contributed by atoms with Crippen molar-refractivity contribution in [3.05, 3.63) is 48.0 Å². The molecule has 126 valence electrons. The average molecular weight is 333 g/mol. The Bertz CT molecular complexity index is 503. The summed E-state index contributed by atoms with van der Waals surface area (Å²) in [4.78, 5) is 14.1. The highest BCUT2D eigenvalue weighted by Gasteiger charge is 2.25. The highest BCUT2D eigenvalue weighted by molar-refractivity contribution is 7.98. The fraction of sp³-hybridized carbons (Fsp3) is 0.526. The Morgan fingerprint density at radius 1 is 1.39 bits per heavy atom. The minimum absolute atomic E-state index is 0.142. The number of carbonyl (C=O) groups excluding carboxylic acids is 1. The first-order chi connectivity index (χ1) is 11.2. The lowest BCUT2D eigenvalue weighted by Crippen LogP contribution is -2.43. The van der Waals surface area contributed by atoms with Gasteiger partial charge < -0.3 is 10.0 Å². The first-order valence-corrected chi connectivity index (χ1v) is 9.79. The van der Waals surface area contributed by atoms with Crippen molar-refractivity contribution < 1.29 is 9.90 Å². The average Bonchev–Trinajstić information content (AvgIpc) is 2.56. The number of nitrogens with zero attached hydrogens (tertiary/aromatic N) is 1. The second-order valence-electron chi connectivity index (χ2n) is 6.04. The van der Waals surface area contributed by atoms with Crippen molar-refractivity contribution in [2.24, 2.45) is 0 Å². The summed E-state index contributed by atoms with van der Waals surface area (Å²) in [5.74, 6) is 1.33. The molecule has 0 aromatic heterocycles. The lowest BCUT2D eigenvalue weighted by molar-refractivity contribution is -0.135. The van der Waals surface area contributed by atoms with Crippen LogP contribution >= 0.6 is 11.8 Å². The summed E-state index contributed by atoms with van der Waals surface area (Å²) < 4.78 is 0. The molecular weight excluding hydrogens is 306 g/mol. The molecule has 1 aromatic carbocycles. The van der Waals surface area contributed by atoms with Crippen LogP contribution in [0.15, 0.2) is 42.5 Å². The number of piperidine rings is 1. The second kappa shape index (κ2) is 9.78. The Morgan fingerprint density at radius 3 is 2.91 bits per heavy atom. The molecule has 0 saturated carbocycles. The van der Waals surface area contributed by atoms with Crippen LogP contribution in [-0.4, -0.2) is 46.6 Å². The zero-order chi connectivity index (χ0) is 16.5. The van der Waals surface area contributed by atoms with Crippen molar-refractivity contribution in [3.63, 3.8) is 0 Å². The Balaban J connectivity index is 1.90. The third-order valence-corrected chi connectivity index (χ3v) is 4.90. The van der Waals surface area contributed by atoms with Crippen molar-refractivity contribution >= 4 is 17.7 Å². The van der Waals surface area contributed by atoms with Gasteiger partial charge in [0.05, 0.1) is 12.1 Å². The van der Waals surface area contributed by atoms with E-state index in [0.29, 0.717) is 12.8 Å². The van der Waals surface area contributed by atoms with Gasteiger partial charge in [-0.05, 0) is 36.8 Å². The number of hydrogen-bond donors (Lipinski definition) is 1. The number of rotatable bonds is 8. The van der Waals surface area contributed by atoms with Gasteiger partial charge >= 0.3 is 0 Å². The van der Waals surface area contributed by atoms with Gasteiger partial charge in [0, 0.05) is 19.4 Å². The summed E-state index contributed by atoms with van der Waals surface area (Å²) in [6.07, 6.45) is 9.74. The van der Waals surface area contributed by atoms with Crippen molar-refractivity contribution in [1.29, 1.82) is 0 Å². The van der Waals surface area contributed by atoms with Crippen LogP contribution in [0.4, 0.5) is 0 Å². The van der Waals surface area contributed by atoms with Gasteiger partial charge in [0.1, 0.15) is 0 Å². The van der Waals surface area contributed by atoms with E-state index in [9.17, 15) is 9.90 Å². The molecule has 0 aliphatic carbocycles. The number of hydrogen-bond acceptors (Lipinski definition) is 3. The first kappa shape index (κ1) is 18.1. The molecule has 0 bridgehead atoms. The van der Waals surface area contributed by atoms with Gasteiger partial charge in [-0.3, -0.25) is 4.79 Å². The summed E-state index contributed by atoms with van der Waals surface area (Å²) >= 11 is 1.82. The zero-order valence-corrected chi connectivity index (χ0v) is 14.7. The molecule has 2 atom stereocenters. The van der Waals surface area contributed by atoms with Crippen LogP contribution in [0.5, 0.6) is 0 Å². The molecular formula is C19H27NO2S. The van der Waals surface area contributed by atoms with Crippen molar-refractivity contribution in [1.82, 2.24) is 4.90 Å². The Hall–Kier alpha value is -1.26. The van der Waals surface area contributed by atoms with Gasteiger partial charge in [-0.1, -0.05) is 42.5 Å². The molecule has 1 aliphatic heterocycles. The SMILES string of the molecule is CSCCCN1C(=O)CCC[C@@H]1/C=C/C(O)Cc1ccccc1. The van der Waals surface area contributed by atoms with Crippen LogP contribution in [-0.2, 0) is 11.2 Å². The first-order valence-electron chi connectivity index (χ1n) is 8.39. The highest BCUT2D eigenvalue weighted by Crippen LogP contribution is 2.20. The number of benzene rings is 1. The summed E-state index contributed by atoms with van der Waals surface area (Å²) in [5.41, 5.74) is 1.13. The molecule has 1 heterocycles. The maximum atomic E-state index is 12.2. The summed E-state index contributed by atoms with van der Waals surface area (Å²) in [5, 5.41) is 10.2. The number of aliphatic hydroxyl groups is 1. The minimum Gasteiger partial charge on any atom is -0.389 e. The van der Waals surface area contributed by atoms with E-state index in [0.717, 1.165) is 37.1 Å². The van der Waals surface area contributed by atoms with Gasteiger partial charge in [-0.2, -0.15) is 11.8 Å². The summed E-state index contributed by atoms with van der Waals surface area (Å²) in [7, 11) is 0. The highest BCUT2D eigenvalue weighted by atomic mass is 32.2. The monoisotopic (exact) mass is 333 g/mol. The lowest BCUT2D eigenvalue weighted by atomic mass is 9.99. The third-order valence-electron chi connectivity index (χ3n) is 4.20. The Labute approximate surface area is 143 Å². The van der Waals surface area contributed by atoms with Gasteiger partial charge in [0.2, 0.25) is 5.91 Å². The minimum atomic E-state index is -0.498. The van der Waals surface area contributed by atoms with E-state index in [1.165, 1.54) is 0 Å². The molecule has 2 rings (SSSR count). The van der Waals surface area contributed by atoms with Gasteiger partial charge in [0.15, 0.2) is 0 Å². The van der Waals surface area contributed by atoms with Crippen LogP contribution in [0.3, 0.4) is 0 Å². The molecule has 23 heavy (non-hydrogen) atoms. The Kier molecular flexibility index (Phi) is 7.69.